The molecule has 0 bridgehead atoms. The molecule has 0 aliphatic carbocycles. The zero-order valence-corrected chi connectivity index (χ0v) is 15.2. The molecule has 0 radical (unpaired) electrons. The van der Waals surface area contributed by atoms with Gasteiger partial charge in [0.1, 0.15) is 0 Å². The molecule has 0 atom stereocenters. The Kier molecular flexibility index (Phi) is 12.2. The molecular weight excluding hydrogens is 266 g/mol. The van der Waals surface area contributed by atoms with Crippen molar-refractivity contribution >= 4 is 0 Å². The molecule has 1 nitrogen and oxygen atoms in total. The van der Waals surface area contributed by atoms with Crippen LogP contribution in [0, 0.1) is 11.3 Å². The van der Waals surface area contributed by atoms with E-state index in [1.807, 2.05) is 6.08 Å². The van der Waals surface area contributed by atoms with Crippen molar-refractivity contribution in [2.75, 3.05) is 0 Å². The van der Waals surface area contributed by atoms with Gasteiger partial charge in [0.15, 0.2) is 0 Å². The van der Waals surface area contributed by atoms with Gasteiger partial charge < -0.3 is 0 Å². The first kappa shape index (κ1) is 20.5. The molecule has 0 saturated carbocycles. The van der Waals surface area contributed by atoms with Crippen LogP contribution < -0.4 is 0 Å². The van der Waals surface area contributed by atoms with Crippen LogP contribution in [0.2, 0.25) is 0 Å². The van der Waals surface area contributed by atoms with Crippen LogP contribution in [0.3, 0.4) is 0 Å². The fraction of sp³-hybridized carbons (Fsp3) is 0.571. The van der Waals surface area contributed by atoms with Crippen molar-refractivity contribution in [3.63, 3.8) is 0 Å². The van der Waals surface area contributed by atoms with E-state index in [0.29, 0.717) is 6.42 Å². The number of rotatable bonds is 10. The highest BCUT2D eigenvalue weighted by atomic mass is 14.2. The number of nitriles is 1. The Bertz CT molecular complexity index is 463. The Morgan fingerprint density at radius 2 is 1.09 bits per heavy atom. The summed E-state index contributed by atoms with van der Waals surface area (Å²) in [7, 11) is 0. The third-order valence-corrected chi connectivity index (χ3v) is 3.70. The zero-order chi connectivity index (χ0) is 16.8. The first-order valence-electron chi connectivity index (χ1n) is 8.43. The van der Waals surface area contributed by atoms with Crippen molar-refractivity contribution in [2.24, 2.45) is 0 Å². The summed E-state index contributed by atoms with van der Waals surface area (Å²) < 4.78 is 0. The van der Waals surface area contributed by atoms with Gasteiger partial charge in [0, 0.05) is 0 Å². The van der Waals surface area contributed by atoms with Crippen molar-refractivity contribution in [1.29, 1.82) is 5.26 Å². The van der Waals surface area contributed by atoms with Crippen LogP contribution in [0.1, 0.15) is 79.6 Å². The normalized spacial score (nSPS) is 13.0. The minimum Gasteiger partial charge on any atom is -0.198 e. The van der Waals surface area contributed by atoms with E-state index in [9.17, 15) is 0 Å². The predicted molar refractivity (Wildman–Crippen MR) is 98.6 cm³/mol. The van der Waals surface area contributed by atoms with Gasteiger partial charge in [-0.05, 0) is 73.1 Å². The van der Waals surface area contributed by atoms with E-state index in [4.69, 9.17) is 5.26 Å². The number of allylic oxidation sites excluding steroid dienone is 8. The molecule has 0 aromatic rings. The molecule has 0 N–H and O–H groups in total. The lowest BCUT2D eigenvalue weighted by Gasteiger charge is -2.02. The minimum atomic E-state index is 0.533. The fourth-order valence-corrected chi connectivity index (χ4v) is 2.21. The second-order valence-electron chi connectivity index (χ2n) is 6.41. The Hall–Kier alpha value is -1.55. The van der Waals surface area contributed by atoms with Crippen molar-refractivity contribution < 1.29 is 0 Å². The van der Waals surface area contributed by atoms with Crippen LogP contribution in [-0.4, -0.2) is 0 Å². The fourth-order valence-electron chi connectivity index (χ4n) is 2.21. The summed E-state index contributed by atoms with van der Waals surface area (Å²) in [5.41, 5.74) is 5.70. The summed E-state index contributed by atoms with van der Waals surface area (Å²) in [5.74, 6) is 0. The lowest BCUT2D eigenvalue weighted by Crippen LogP contribution is -1.82. The van der Waals surface area contributed by atoms with Gasteiger partial charge in [0.25, 0.3) is 0 Å². The summed E-state index contributed by atoms with van der Waals surface area (Å²) in [6.07, 6.45) is 16.4. The highest BCUT2D eigenvalue weighted by Gasteiger charge is 1.93. The molecule has 22 heavy (non-hydrogen) atoms. The van der Waals surface area contributed by atoms with Gasteiger partial charge >= 0.3 is 0 Å². The largest absolute Gasteiger partial charge is 0.198 e. The Balaban J connectivity index is 3.97. The van der Waals surface area contributed by atoms with Crippen LogP contribution >= 0.6 is 0 Å². The number of hydrogen-bond acceptors (Lipinski definition) is 1. The first-order chi connectivity index (χ1) is 10.5. The minimum absolute atomic E-state index is 0.533. The third-order valence-electron chi connectivity index (χ3n) is 3.70. The van der Waals surface area contributed by atoms with E-state index in [0.717, 1.165) is 32.1 Å². The number of nitrogens with zero attached hydrogens (tertiary/aromatic N) is 1. The van der Waals surface area contributed by atoms with E-state index in [1.54, 1.807) is 0 Å². The summed E-state index contributed by atoms with van der Waals surface area (Å²) in [6.45, 7) is 10.9. The van der Waals surface area contributed by atoms with Gasteiger partial charge in [-0.3, -0.25) is 0 Å². The average molecular weight is 300 g/mol. The van der Waals surface area contributed by atoms with E-state index in [2.05, 4.69) is 58.9 Å². The Morgan fingerprint density at radius 3 is 1.50 bits per heavy atom. The molecule has 0 saturated heterocycles. The predicted octanol–water partition coefficient (Wildman–Crippen LogP) is 7.05. The second-order valence-corrected chi connectivity index (χ2v) is 6.41. The summed E-state index contributed by atoms with van der Waals surface area (Å²) in [6, 6.07) is 2.15. The molecule has 122 valence electrons. The summed E-state index contributed by atoms with van der Waals surface area (Å²) in [4.78, 5) is 0. The molecule has 0 aromatic heterocycles. The average Bonchev–Trinajstić information content (AvgIpc) is 2.44. The molecule has 0 heterocycles. The van der Waals surface area contributed by atoms with E-state index < -0.39 is 0 Å². The van der Waals surface area contributed by atoms with Crippen LogP contribution in [0.4, 0.5) is 0 Å². The van der Waals surface area contributed by atoms with Crippen molar-refractivity contribution in [2.45, 2.75) is 79.6 Å². The Morgan fingerprint density at radius 1 is 0.682 bits per heavy atom. The lowest BCUT2D eigenvalue weighted by atomic mass is 10.0. The molecule has 0 aliphatic rings. The molecule has 0 rings (SSSR count). The molecule has 0 aliphatic heterocycles. The maximum atomic E-state index is 8.54. The van der Waals surface area contributed by atoms with E-state index >= 15 is 0 Å². The lowest BCUT2D eigenvalue weighted by molar-refractivity contribution is 0.899. The molecular formula is C21H33N. The van der Waals surface area contributed by atoms with Crippen LogP contribution in [0.5, 0.6) is 0 Å². The van der Waals surface area contributed by atoms with E-state index in [-0.39, 0.29) is 0 Å². The van der Waals surface area contributed by atoms with Crippen molar-refractivity contribution in [3.05, 3.63) is 46.6 Å². The van der Waals surface area contributed by atoms with Gasteiger partial charge in [-0.15, -0.1) is 0 Å². The topological polar surface area (TPSA) is 23.8 Å². The Labute approximate surface area is 138 Å². The highest BCUT2D eigenvalue weighted by molar-refractivity contribution is 5.07. The molecule has 0 amide bonds. The number of hydrogen-bond donors (Lipinski definition) is 0. The molecule has 1 heteroatoms. The van der Waals surface area contributed by atoms with Crippen molar-refractivity contribution in [1.82, 2.24) is 0 Å². The monoisotopic (exact) mass is 299 g/mol. The smallest absolute Gasteiger partial charge is 0.0663 e. The second kappa shape index (κ2) is 13.1. The third kappa shape index (κ3) is 13.4. The van der Waals surface area contributed by atoms with Crippen molar-refractivity contribution in [3.8, 4) is 6.07 Å². The molecule has 0 aromatic carbocycles. The summed E-state index contributed by atoms with van der Waals surface area (Å²) >= 11 is 0. The highest BCUT2D eigenvalue weighted by Crippen LogP contribution is 2.13. The van der Waals surface area contributed by atoms with Gasteiger partial charge in [0.05, 0.1) is 12.5 Å². The van der Waals surface area contributed by atoms with Crippen LogP contribution in [0.15, 0.2) is 46.6 Å². The summed E-state index contributed by atoms with van der Waals surface area (Å²) in [5, 5.41) is 8.54. The standard InChI is InChI=1S/C21H33N/c1-18(2)10-6-11-19(3)12-7-13-20(4)14-8-15-21(5)16-9-17-22/h10,12,14,16H,6-9,11,13,15H2,1-5H3/b19-12+,20-14+,21-16+. The van der Waals surface area contributed by atoms with Gasteiger partial charge in [-0.25, -0.2) is 0 Å². The van der Waals surface area contributed by atoms with E-state index in [1.165, 1.54) is 28.7 Å². The van der Waals surface area contributed by atoms with Gasteiger partial charge in [-0.2, -0.15) is 5.26 Å². The maximum absolute atomic E-state index is 8.54. The van der Waals surface area contributed by atoms with Crippen LogP contribution in [-0.2, 0) is 0 Å². The van der Waals surface area contributed by atoms with Gasteiger partial charge in [0.2, 0.25) is 0 Å². The molecule has 0 fully saturated rings. The maximum Gasteiger partial charge on any atom is 0.0663 e. The zero-order valence-electron chi connectivity index (χ0n) is 15.2. The quantitative estimate of drug-likeness (QED) is 0.397. The molecule has 0 spiro atoms. The first-order valence-corrected chi connectivity index (χ1v) is 8.43. The SMILES string of the molecule is CC(C)=CCC/C(C)=C/CC/C(C)=C/CC/C(C)=C/CC#N. The van der Waals surface area contributed by atoms with Crippen LogP contribution in [0.25, 0.3) is 0 Å². The molecule has 0 unspecified atom stereocenters. The van der Waals surface area contributed by atoms with Gasteiger partial charge in [-0.1, -0.05) is 46.6 Å².